The predicted octanol–water partition coefficient (Wildman–Crippen LogP) is 1.03. The van der Waals surface area contributed by atoms with Crippen molar-refractivity contribution in [3.63, 3.8) is 0 Å². The Bertz CT molecular complexity index is 318. The van der Waals surface area contributed by atoms with Gasteiger partial charge in [0, 0.05) is 0 Å². The summed E-state index contributed by atoms with van der Waals surface area (Å²) in [5.41, 5.74) is 6.43. The molecule has 5 heteroatoms. The lowest BCUT2D eigenvalue weighted by Gasteiger charge is -2.17. The molecule has 16 heavy (non-hydrogen) atoms. The number of carbonyl (C=O) groups excluding carboxylic acids is 1. The van der Waals surface area contributed by atoms with E-state index in [-0.39, 0.29) is 19.0 Å². The Morgan fingerprint density at radius 2 is 2.00 bits per heavy atom. The second-order valence-corrected chi connectivity index (χ2v) is 3.13. The molecule has 2 atom stereocenters. The monoisotopic (exact) mass is 245 g/mol. The van der Waals surface area contributed by atoms with Gasteiger partial charge in [0.05, 0.1) is 12.6 Å². The molecule has 0 aliphatic carbocycles. The van der Waals surface area contributed by atoms with E-state index in [1.165, 1.54) is 0 Å². The van der Waals surface area contributed by atoms with Crippen molar-refractivity contribution >= 4 is 18.4 Å². The minimum Gasteiger partial charge on any atom is -0.464 e. The molecular formula is C11H16ClNO3. The van der Waals surface area contributed by atoms with Crippen LogP contribution in [-0.2, 0) is 9.53 Å². The highest BCUT2D eigenvalue weighted by Crippen LogP contribution is 2.14. The Hall–Kier alpha value is -1.10. The zero-order chi connectivity index (χ0) is 11.3. The maximum absolute atomic E-state index is 11.2. The molecule has 0 unspecified atom stereocenters. The number of rotatable bonds is 4. The third-order valence-corrected chi connectivity index (χ3v) is 2.05. The SMILES string of the molecule is CCOC(=O)[C@H](O)[C@@H](N)c1ccccc1.Cl. The fourth-order valence-electron chi connectivity index (χ4n) is 1.23. The summed E-state index contributed by atoms with van der Waals surface area (Å²) in [6.07, 6.45) is -1.31. The standard InChI is InChI=1S/C11H15NO3.ClH/c1-2-15-11(14)10(13)9(12)8-6-4-3-5-7-8;/h3-7,9-10,13H,2,12H2,1H3;1H/t9-,10+;/m0./s1. The fourth-order valence-corrected chi connectivity index (χ4v) is 1.23. The molecular weight excluding hydrogens is 230 g/mol. The van der Waals surface area contributed by atoms with Crippen LogP contribution in [-0.4, -0.2) is 23.8 Å². The molecule has 1 rings (SSSR count). The molecule has 4 nitrogen and oxygen atoms in total. The van der Waals surface area contributed by atoms with Crippen molar-refractivity contribution in [2.45, 2.75) is 19.1 Å². The minimum absolute atomic E-state index is 0. The van der Waals surface area contributed by atoms with Gasteiger partial charge in [-0.25, -0.2) is 4.79 Å². The molecule has 0 aliphatic heterocycles. The summed E-state index contributed by atoms with van der Waals surface area (Å²) < 4.78 is 4.68. The van der Waals surface area contributed by atoms with Gasteiger partial charge in [0.1, 0.15) is 0 Å². The van der Waals surface area contributed by atoms with E-state index in [0.717, 1.165) is 0 Å². The minimum atomic E-state index is -1.31. The third-order valence-electron chi connectivity index (χ3n) is 2.05. The molecule has 0 bridgehead atoms. The first kappa shape index (κ1) is 14.9. The zero-order valence-electron chi connectivity index (χ0n) is 9.00. The number of carbonyl (C=O) groups is 1. The highest BCUT2D eigenvalue weighted by molar-refractivity contribution is 5.85. The zero-order valence-corrected chi connectivity index (χ0v) is 9.81. The fraction of sp³-hybridized carbons (Fsp3) is 0.364. The molecule has 0 fully saturated rings. The first-order valence-corrected chi connectivity index (χ1v) is 4.82. The third kappa shape index (κ3) is 3.81. The lowest BCUT2D eigenvalue weighted by molar-refractivity contribution is -0.154. The number of hydrogen-bond donors (Lipinski definition) is 2. The Kier molecular flexibility index (Phi) is 6.72. The van der Waals surface area contributed by atoms with Crippen molar-refractivity contribution in [3.05, 3.63) is 35.9 Å². The largest absolute Gasteiger partial charge is 0.464 e. The van der Waals surface area contributed by atoms with E-state index in [9.17, 15) is 9.90 Å². The summed E-state index contributed by atoms with van der Waals surface area (Å²) in [5, 5.41) is 9.57. The van der Waals surface area contributed by atoms with Crippen molar-refractivity contribution in [2.75, 3.05) is 6.61 Å². The van der Waals surface area contributed by atoms with Crippen molar-refractivity contribution < 1.29 is 14.6 Å². The van der Waals surface area contributed by atoms with Crippen LogP contribution in [0.4, 0.5) is 0 Å². The molecule has 90 valence electrons. The van der Waals surface area contributed by atoms with Crippen LogP contribution < -0.4 is 5.73 Å². The summed E-state index contributed by atoms with van der Waals surface area (Å²) in [6, 6.07) is 8.21. The highest BCUT2D eigenvalue weighted by Gasteiger charge is 2.25. The Morgan fingerprint density at radius 3 is 2.50 bits per heavy atom. The summed E-state index contributed by atoms with van der Waals surface area (Å²) in [6.45, 7) is 1.91. The van der Waals surface area contributed by atoms with Gasteiger partial charge in [-0.1, -0.05) is 30.3 Å². The molecule has 0 amide bonds. The van der Waals surface area contributed by atoms with Crippen LogP contribution in [0.25, 0.3) is 0 Å². The van der Waals surface area contributed by atoms with Crippen LogP contribution in [0.3, 0.4) is 0 Å². The number of hydrogen-bond acceptors (Lipinski definition) is 4. The second kappa shape index (κ2) is 7.22. The summed E-state index contributed by atoms with van der Waals surface area (Å²) in [4.78, 5) is 11.2. The van der Waals surface area contributed by atoms with Gasteiger partial charge in [0.25, 0.3) is 0 Å². The van der Waals surface area contributed by atoms with Crippen LogP contribution in [0.2, 0.25) is 0 Å². The molecule has 0 heterocycles. The quantitative estimate of drug-likeness (QED) is 0.778. The van der Waals surface area contributed by atoms with Crippen molar-refractivity contribution in [1.82, 2.24) is 0 Å². The van der Waals surface area contributed by atoms with E-state index in [1.807, 2.05) is 6.07 Å². The van der Waals surface area contributed by atoms with Crippen LogP contribution in [0.15, 0.2) is 30.3 Å². The lowest BCUT2D eigenvalue weighted by Crippen LogP contribution is -2.34. The predicted molar refractivity (Wildman–Crippen MR) is 63.3 cm³/mol. The molecule has 0 aromatic heterocycles. The van der Waals surface area contributed by atoms with Crippen LogP contribution in [0.5, 0.6) is 0 Å². The molecule has 0 saturated heterocycles. The van der Waals surface area contributed by atoms with Gasteiger partial charge in [-0.05, 0) is 12.5 Å². The van der Waals surface area contributed by atoms with Gasteiger partial charge in [-0.3, -0.25) is 0 Å². The van der Waals surface area contributed by atoms with Crippen LogP contribution in [0.1, 0.15) is 18.5 Å². The molecule has 0 radical (unpaired) electrons. The maximum atomic E-state index is 11.2. The number of aliphatic hydroxyl groups excluding tert-OH is 1. The smallest absolute Gasteiger partial charge is 0.336 e. The van der Waals surface area contributed by atoms with Gasteiger partial charge in [-0.2, -0.15) is 0 Å². The van der Waals surface area contributed by atoms with E-state index >= 15 is 0 Å². The van der Waals surface area contributed by atoms with E-state index in [0.29, 0.717) is 5.56 Å². The van der Waals surface area contributed by atoms with Gasteiger partial charge in [0.15, 0.2) is 6.10 Å². The maximum Gasteiger partial charge on any atom is 0.336 e. The van der Waals surface area contributed by atoms with Gasteiger partial charge < -0.3 is 15.6 Å². The second-order valence-electron chi connectivity index (χ2n) is 3.13. The van der Waals surface area contributed by atoms with Gasteiger partial charge in [-0.15, -0.1) is 12.4 Å². The summed E-state index contributed by atoms with van der Waals surface area (Å²) >= 11 is 0. The van der Waals surface area contributed by atoms with Crippen molar-refractivity contribution in [3.8, 4) is 0 Å². The Morgan fingerprint density at radius 1 is 1.44 bits per heavy atom. The number of benzene rings is 1. The van der Waals surface area contributed by atoms with Crippen LogP contribution >= 0.6 is 12.4 Å². The van der Waals surface area contributed by atoms with E-state index < -0.39 is 18.1 Å². The molecule has 0 aliphatic rings. The van der Waals surface area contributed by atoms with Crippen LogP contribution in [0, 0.1) is 0 Å². The molecule has 0 spiro atoms. The number of halogens is 1. The molecule has 1 aromatic rings. The molecule has 1 aromatic carbocycles. The average Bonchev–Trinajstić information content (AvgIpc) is 2.28. The highest BCUT2D eigenvalue weighted by atomic mass is 35.5. The molecule has 3 N–H and O–H groups in total. The summed E-state index contributed by atoms with van der Waals surface area (Å²) in [5.74, 6) is -0.686. The van der Waals surface area contributed by atoms with Gasteiger partial charge >= 0.3 is 5.97 Å². The Balaban J connectivity index is 0.00000225. The van der Waals surface area contributed by atoms with Crippen molar-refractivity contribution in [1.29, 1.82) is 0 Å². The summed E-state index contributed by atoms with van der Waals surface area (Å²) in [7, 11) is 0. The van der Waals surface area contributed by atoms with E-state index in [2.05, 4.69) is 4.74 Å². The molecule has 0 saturated carbocycles. The van der Waals surface area contributed by atoms with E-state index in [1.54, 1.807) is 31.2 Å². The normalized spacial score (nSPS) is 13.4. The number of aliphatic hydroxyl groups is 1. The van der Waals surface area contributed by atoms with Gasteiger partial charge in [0.2, 0.25) is 0 Å². The number of ether oxygens (including phenoxy) is 1. The topological polar surface area (TPSA) is 72.5 Å². The van der Waals surface area contributed by atoms with E-state index in [4.69, 9.17) is 5.73 Å². The Labute approximate surface area is 101 Å². The number of esters is 1. The lowest BCUT2D eigenvalue weighted by atomic mass is 10.0. The van der Waals surface area contributed by atoms with Crippen molar-refractivity contribution in [2.24, 2.45) is 5.73 Å². The number of nitrogens with two attached hydrogens (primary N) is 1. The average molecular weight is 246 g/mol. The first-order chi connectivity index (χ1) is 7.16. The first-order valence-electron chi connectivity index (χ1n) is 4.82.